The Morgan fingerprint density at radius 3 is 2.24 bits per heavy atom. The Kier molecular flexibility index (Phi) is 6.59. The molecule has 1 aromatic carbocycles. The van der Waals surface area contributed by atoms with Crippen molar-refractivity contribution in [3.05, 3.63) is 35.4 Å². The first kappa shape index (κ1) is 16.9. The second-order valence-electron chi connectivity index (χ2n) is 5.00. The first-order valence-corrected chi connectivity index (χ1v) is 7.21. The molecular formula is C16H23N3O2. The van der Waals surface area contributed by atoms with Gasteiger partial charge >= 0.3 is 11.8 Å². The van der Waals surface area contributed by atoms with Gasteiger partial charge in [-0.25, -0.2) is 5.43 Å². The summed E-state index contributed by atoms with van der Waals surface area (Å²) in [6, 6.07) is 7.90. The molecule has 0 heterocycles. The minimum atomic E-state index is -0.714. The first-order valence-electron chi connectivity index (χ1n) is 7.21. The minimum absolute atomic E-state index is 0.474. The molecule has 1 aromatic rings. The second-order valence-corrected chi connectivity index (χ2v) is 5.00. The monoisotopic (exact) mass is 289 g/mol. The summed E-state index contributed by atoms with van der Waals surface area (Å²) in [6.45, 7) is 8.92. The number of amides is 2. The van der Waals surface area contributed by atoms with Gasteiger partial charge in [-0.05, 0) is 30.9 Å². The molecule has 1 rings (SSSR count). The highest BCUT2D eigenvalue weighted by Crippen LogP contribution is 2.13. The van der Waals surface area contributed by atoms with Gasteiger partial charge in [0.1, 0.15) is 0 Å². The zero-order valence-electron chi connectivity index (χ0n) is 13.1. The summed E-state index contributed by atoms with van der Waals surface area (Å²) in [7, 11) is 0. The van der Waals surface area contributed by atoms with Crippen molar-refractivity contribution in [3.8, 4) is 0 Å². The van der Waals surface area contributed by atoms with Gasteiger partial charge in [-0.2, -0.15) is 5.10 Å². The lowest BCUT2D eigenvalue weighted by Gasteiger charge is -2.16. The van der Waals surface area contributed by atoms with Crippen LogP contribution in [0.2, 0.25) is 0 Å². The lowest BCUT2D eigenvalue weighted by molar-refractivity contribution is -0.145. The van der Waals surface area contributed by atoms with E-state index < -0.39 is 11.8 Å². The topological polar surface area (TPSA) is 61.8 Å². The van der Waals surface area contributed by atoms with Crippen LogP contribution in [0.5, 0.6) is 0 Å². The average molecular weight is 289 g/mol. The molecule has 1 N–H and O–H groups in total. The highest BCUT2D eigenvalue weighted by atomic mass is 16.2. The van der Waals surface area contributed by atoms with E-state index in [9.17, 15) is 9.59 Å². The summed E-state index contributed by atoms with van der Waals surface area (Å²) < 4.78 is 0. The molecule has 0 unspecified atom stereocenters. The van der Waals surface area contributed by atoms with E-state index in [0.717, 1.165) is 5.56 Å². The summed E-state index contributed by atoms with van der Waals surface area (Å²) in [5, 5.41) is 3.82. The summed E-state index contributed by atoms with van der Waals surface area (Å²) in [5.74, 6) is -0.802. The van der Waals surface area contributed by atoms with Crippen LogP contribution < -0.4 is 5.43 Å². The van der Waals surface area contributed by atoms with Crippen LogP contribution in [0.25, 0.3) is 0 Å². The molecular weight excluding hydrogens is 266 g/mol. The molecule has 0 fully saturated rings. The highest BCUT2D eigenvalue weighted by molar-refractivity contribution is 6.34. The minimum Gasteiger partial charge on any atom is -0.335 e. The summed E-state index contributed by atoms with van der Waals surface area (Å²) in [6.07, 6.45) is 1.53. The fourth-order valence-electron chi connectivity index (χ4n) is 1.83. The van der Waals surface area contributed by atoms with Crippen molar-refractivity contribution in [2.45, 2.75) is 33.6 Å². The van der Waals surface area contributed by atoms with E-state index in [4.69, 9.17) is 0 Å². The third-order valence-electron chi connectivity index (χ3n) is 3.23. The number of likely N-dealkylation sites (N-methyl/N-ethyl adjacent to an activating group) is 1. The van der Waals surface area contributed by atoms with Crippen LogP contribution in [0.4, 0.5) is 0 Å². The highest BCUT2D eigenvalue weighted by Gasteiger charge is 2.18. The SMILES string of the molecule is CCN(CC)C(=O)C(=O)N/N=C/c1ccc(C(C)C)cc1. The van der Waals surface area contributed by atoms with Gasteiger partial charge in [0, 0.05) is 13.1 Å². The van der Waals surface area contributed by atoms with Crippen molar-refractivity contribution in [1.82, 2.24) is 10.3 Å². The number of carbonyl (C=O) groups is 2. The number of rotatable bonds is 5. The molecule has 0 bridgehead atoms. The molecule has 0 aliphatic carbocycles. The Morgan fingerprint density at radius 2 is 1.76 bits per heavy atom. The standard InChI is InChI=1S/C16H23N3O2/c1-5-19(6-2)16(21)15(20)18-17-11-13-7-9-14(10-8-13)12(3)4/h7-12H,5-6H2,1-4H3,(H,18,20)/b17-11+. The third-order valence-corrected chi connectivity index (χ3v) is 3.23. The van der Waals surface area contributed by atoms with Crippen LogP contribution >= 0.6 is 0 Å². The molecule has 5 heteroatoms. The molecule has 0 saturated carbocycles. The predicted octanol–water partition coefficient (Wildman–Crippen LogP) is 2.13. The quantitative estimate of drug-likeness (QED) is 0.513. The Balaban J connectivity index is 2.58. The number of nitrogens with one attached hydrogen (secondary N) is 1. The molecule has 2 amide bonds. The van der Waals surface area contributed by atoms with E-state index in [-0.39, 0.29) is 0 Å². The van der Waals surface area contributed by atoms with Crippen LogP contribution in [0, 0.1) is 0 Å². The normalized spacial score (nSPS) is 10.9. The zero-order valence-corrected chi connectivity index (χ0v) is 13.1. The smallest absolute Gasteiger partial charge is 0.329 e. The molecule has 0 spiro atoms. The van der Waals surface area contributed by atoms with Crippen molar-refractivity contribution >= 4 is 18.0 Å². The molecule has 0 aliphatic rings. The summed E-state index contributed by atoms with van der Waals surface area (Å²) in [4.78, 5) is 24.8. The van der Waals surface area contributed by atoms with Gasteiger partial charge in [0.25, 0.3) is 0 Å². The number of nitrogens with zero attached hydrogens (tertiary/aromatic N) is 2. The molecule has 114 valence electrons. The van der Waals surface area contributed by atoms with Crippen LogP contribution in [0.3, 0.4) is 0 Å². The molecule has 0 aromatic heterocycles. The zero-order chi connectivity index (χ0) is 15.8. The summed E-state index contributed by atoms with van der Waals surface area (Å²) >= 11 is 0. The van der Waals surface area contributed by atoms with Crippen molar-refractivity contribution in [2.24, 2.45) is 5.10 Å². The van der Waals surface area contributed by atoms with Gasteiger partial charge in [-0.3, -0.25) is 9.59 Å². The maximum absolute atomic E-state index is 11.7. The Labute approximate surface area is 126 Å². The molecule has 0 atom stereocenters. The van der Waals surface area contributed by atoms with Crippen molar-refractivity contribution < 1.29 is 9.59 Å². The van der Waals surface area contributed by atoms with Crippen LogP contribution in [-0.4, -0.2) is 36.0 Å². The lowest BCUT2D eigenvalue weighted by Crippen LogP contribution is -2.41. The van der Waals surface area contributed by atoms with E-state index in [1.165, 1.54) is 16.7 Å². The molecule has 5 nitrogen and oxygen atoms in total. The predicted molar refractivity (Wildman–Crippen MR) is 84.2 cm³/mol. The number of carbonyl (C=O) groups excluding carboxylic acids is 2. The first-order chi connectivity index (χ1) is 9.99. The van der Waals surface area contributed by atoms with E-state index in [0.29, 0.717) is 19.0 Å². The fraction of sp³-hybridized carbons (Fsp3) is 0.438. The largest absolute Gasteiger partial charge is 0.335 e. The number of hydrogen-bond donors (Lipinski definition) is 1. The Hall–Kier alpha value is -2.17. The van der Waals surface area contributed by atoms with Gasteiger partial charge in [-0.1, -0.05) is 38.1 Å². The van der Waals surface area contributed by atoms with Crippen LogP contribution in [0.1, 0.15) is 44.7 Å². The Morgan fingerprint density at radius 1 is 1.19 bits per heavy atom. The van der Waals surface area contributed by atoms with Crippen LogP contribution in [0.15, 0.2) is 29.4 Å². The molecule has 21 heavy (non-hydrogen) atoms. The second kappa shape index (κ2) is 8.19. The maximum atomic E-state index is 11.7. The van der Waals surface area contributed by atoms with Crippen molar-refractivity contribution in [1.29, 1.82) is 0 Å². The van der Waals surface area contributed by atoms with Gasteiger partial charge < -0.3 is 4.90 Å². The van der Waals surface area contributed by atoms with Crippen molar-refractivity contribution in [2.75, 3.05) is 13.1 Å². The number of hydrazone groups is 1. The fourth-order valence-corrected chi connectivity index (χ4v) is 1.83. The third kappa shape index (κ3) is 5.02. The van der Waals surface area contributed by atoms with Crippen LogP contribution in [-0.2, 0) is 9.59 Å². The number of benzene rings is 1. The molecule has 0 radical (unpaired) electrons. The summed E-state index contributed by atoms with van der Waals surface area (Å²) in [5.41, 5.74) is 4.37. The van der Waals surface area contributed by atoms with Gasteiger partial charge in [0.2, 0.25) is 0 Å². The van der Waals surface area contributed by atoms with Gasteiger partial charge in [-0.15, -0.1) is 0 Å². The van der Waals surface area contributed by atoms with Gasteiger partial charge in [0.15, 0.2) is 0 Å². The van der Waals surface area contributed by atoms with E-state index in [1.807, 2.05) is 38.1 Å². The van der Waals surface area contributed by atoms with E-state index in [2.05, 4.69) is 24.4 Å². The average Bonchev–Trinajstić information content (AvgIpc) is 2.48. The lowest BCUT2D eigenvalue weighted by atomic mass is 10.0. The van der Waals surface area contributed by atoms with Crippen molar-refractivity contribution in [3.63, 3.8) is 0 Å². The maximum Gasteiger partial charge on any atom is 0.329 e. The molecule has 0 saturated heterocycles. The van der Waals surface area contributed by atoms with E-state index in [1.54, 1.807) is 0 Å². The van der Waals surface area contributed by atoms with Gasteiger partial charge in [0.05, 0.1) is 6.21 Å². The number of hydrogen-bond acceptors (Lipinski definition) is 3. The van der Waals surface area contributed by atoms with E-state index >= 15 is 0 Å². The molecule has 0 aliphatic heterocycles. The Bertz CT molecular complexity index is 503.